The Morgan fingerprint density at radius 1 is 1.12 bits per heavy atom. The summed E-state index contributed by atoms with van der Waals surface area (Å²) >= 11 is 0. The van der Waals surface area contributed by atoms with E-state index in [1.807, 2.05) is 73.8 Å². The molecule has 3 heterocycles. The molecular formula is C25H23N7O. The molecule has 0 saturated heterocycles. The molecule has 33 heavy (non-hydrogen) atoms. The van der Waals surface area contributed by atoms with E-state index in [0.29, 0.717) is 29.3 Å². The van der Waals surface area contributed by atoms with Gasteiger partial charge in [-0.15, -0.1) is 0 Å². The second-order valence-electron chi connectivity index (χ2n) is 7.82. The number of nitrogens with zero attached hydrogens (tertiary/aromatic N) is 5. The first-order valence-corrected chi connectivity index (χ1v) is 10.7. The molecule has 0 bridgehead atoms. The van der Waals surface area contributed by atoms with Gasteiger partial charge in [0.25, 0.3) is 0 Å². The highest BCUT2D eigenvalue weighted by Crippen LogP contribution is 2.26. The predicted molar refractivity (Wildman–Crippen MR) is 131 cm³/mol. The lowest BCUT2D eigenvalue weighted by Gasteiger charge is -2.09. The number of nitrogens with two attached hydrogens (primary N) is 1. The molecule has 2 aromatic heterocycles. The van der Waals surface area contributed by atoms with Crippen LogP contribution in [0.25, 0.3) is 23.1 Å². The Kier molecular flexibility index (Phi) is 5.32. The molecule has 0 atom stereocenters. The first kappa shape index (κ1) is 20.4. The number of allylic oxidation sites excluding steroid dienone is 1. The van der Waals surface area contributed by atoms with Crippen LogP contribution in [0.4, 0.5) is 17.3 Å². The average molecular weight is 438 g/mol. The van der Waals surface area contributed by atoms with Crippen LogP contribution in [0.15, 0.2) is 71.9 Å². The second-order valence-corrected chi connectivity index (χ2v) is 7.82. The van der Waals surface area contributed by atoms with E-state index in [0.717, 1.165) is 22.5 Å². The minimum atomic E-state index is -0.102. The van der Waals surface area contributed by atoms with E-state index in [2.05, 4.69) is 15.4 Å². The average Bonchev–Trinajstić information content (AvgIpc) is 3.36. The smallest absolute Gasteiger partial charge is 0.187 e. The standard InChI is InChI=1S/C25H23N7O/c1-17-4-10-20(11-5-17)32-24(14-22(30-32)18-6-8-19(26)9-7-18)28-16-23(33)21-15-29-31-13-3-2-12-27-25(21)31/h3-15,28H,2,16,26H2,1H3. The lowest BCUT2D eigenvalue weighted by molar-refractivity contribution is 0.101. The molecule has 0 unspecified atom stereocenters. The number of aryl methyl sites for hydroxylation is 1. The zero-order chi connectivity index (χ0) is 22.8. The Morgan fingerprint density at radius 3 is 2.70 bits per heavy atom. The largest absolute Gasteiger partial charge is 0.399 e. The number of anilines is 2. The lowest BCUT2D eigenvalue weighted by Crippen LogP contribution is -2.16. The number of nitrogens with one attached hydrogen (secondary N) is 1. The van der Waals surface area contributed by atoms with Crippen molar-refractivity contribution in [2.75, 3.05) is 17.6 Å². The first-order valence-electron chi connectivity index (χ1n) is 10.7. The molecule has 5 rings (SSSR count). The van der Waals surface area contributed by atoms with Crippen molar-refractivity contribution < 1.29 is 4.79 Å². The minimum Gasteiger partial charge on any atom is -0.399 e. The molecule has 0 radical (unpaired) electrons. The number of carbonyl (C=O) groups is 1. The maximum Gasteiger partial charge on any atom is 0.187 e. The summed E-state index contributed by atoms with van der Waals surface area (Å²) in [5.74, 6) is 1.15. The molecule has 0 saturated carbocycles. The topological polar surface area (TPSA) is 103 Å². The van der Waals surface area contributed by atoms with Crippen LogP contribution in [0.3, 0.4) is 0 Å². The molecule has 1 aliphatic heterocycles. The monoisotopic (exact) mass is 437 g/mol. The Balaban J connectivity index is 1.45. The zero-order valence-electron chi connectivity index (χ0n) is 18.1. The summed E-state index contributed by atoms with van der Waals surface area (Å²) in [6.07, 6.45) is 7.80. The van der Waals surface area contributed by atoms with Crippen molar-refractivity contribution in [1.82, 2.24) is 19.6 Å². The molecule has 0 spiro atoms. The molecule has 0 fully saturated rings. The first-order chi connectivity index (χ1) is 16.1. The van der Waals surface area contributed by atoms with Crippen LogP contribution >= 0.6 is 0 Å². The van der Waals surface area contributed by atoms with Gasteiger partial charge in [0.05, 0.1) is 29.7 Å². The molecule has 8 heteroatoms. The maximum atomic E-state index is 13.0. The van der Waals surface area contributed by atoms with E-state index in [9.17, 15) is 4.79 Å². The van der Waals surface area contributed by atoms with Crippen molar-refractivity contribution in [3.8, 4) is 16.9 Å². The van der Waals surface area contributed by atoms with Crippen LogP contribution in [-0.2, 0) is 0 Å². The van der Waals surface area contributed by atoms with Crippen molar-refractivity contribution in [2.45, 2.75) is 13.3 Å². The van der Waals surface area contributed by atoms with Crippen molar-refractivity contribution in [3.05, 3.63) is 78.0 Å². The van der Waals surface area contributed by atoms with Crippen molar-refractivity contribution in [2.24, 2.45) is 4.99 Å². The van der Waals surface area contributed by atoms with E-state index in [4.69, 9.17) is 10.8 Å². The van der Waals surface area contributed by atoms with Gasteiger partial charge < -0.3 is 11.1 Å². The maximum absolute atomic E-state index is 13.0. The molecule has 0 aliphatic carbocycles. The third kappa shape index (κ3) is 4.18. The summed E-state index contributed by atoms with van der Waals surface area (Å²) in [4.78, 5) is 17.4. The number of aromatic nitrogens is 4. The Hall–Kier alpha value is -4.46. The van der Waals surface area contributed by atoms with Gasteiger partial charge in [-0.1, -0.05) is 35.9 Å². The third-order valence-electron chi connectivity index (χ3n) is 5.40. The fourth-order valence-corrected chi connectivity index (χ4v) is 3.60. The van der Waals surface area contributed by atoms with Crippen molar-refractivity contribution in [3.63, 3.8) is 0 Å². The summed E-state index contributed by atoms with van der Waals surface area (Å²) < 4.78 is 3.42. The van der Waals surface area contributed by atoms with Crippen molar-refractivity contribution >= 4 is 35.5 Å². The summed E-state index contributed by atoms with van der Waals surface area (Å²) in [6.45, 7) is 2.12. The van der Waals surface area contributed by atoms with Gasteiger partial charge in [-0.3, -0.25) is 4.79 Å². The molecule has 8 nitrogen and oxygen atoms in total. The number of hydrogen-bond donors (Lipinski definition) is 2. The summed E-state index contributed by atoms with van der Waals surface area (Å²) in [7, 11) is 0. The van der Waals surface area contributed by atoms with Gasteiger partial charge in [0, 0.05) is 36.2 Å². The number of carbonyl (C=O) groups excluding carboxylic acids is 1. The van der Waals surface area contributed by atoms with E-state index < -0.39 is 0 Å². The summed E-state index contributed by atoms with van der Waals surface area (Å²) in [5, 5.41) is 12.3. The van der Waals surface area contributed by atoms with E-state index in [1.54, 1.807) is 21.8 Å². The van der Waals surface area contributed by atoms with Gasteiger partial charge in [0.15, 0.2) is 11.6 Å². The summed E-state index contributed by atoms with van der Waals surface area (Å²) in [5.41, 5.74) is 10.8. The normalized spacial score (nSPS) is 12.4. The Bertz CT molecular complexity index is 1360. The van der Waals surface area contributed by atoms with Crippen LogP contribution in [0.5, 0.6) is 0 Å². The number of rotatable bonds is 6. The molecule has 3 N–H and O–H groups in total. The number of hydrogen-bond acceptors (Lipinski definition) is 6. The Morgan fingerprint density at radius 2 is 1.91 bits per heavy atom. The number of aliphatic imine (C=N–C) groups is 1. The van der Waals surface area contributed by atoms with Crippen LogP contribution in [0.1, 0.15) is 22.3 Å². The molecule has 1 aliphatic rings. The van der Waals surface area contributed by atoms with Gasteiger partial charge in [-0.25, -0.2) is 14.4 Å². The molecule has 4 aromatic rings. The number of fused-ring (bicyclic) bond motifs is 1. The number of nitrogen functional groups attached to an aromatic ring is 1. The van der Waals surface area contributed by atoms with E-state index >= 15 is 0 Å². The highest BCUT2D eigenvalue weighted by Gasteiger charge is 2.18. The number of Topliss-reactive ketones (excluding diaryl/α,β-unsaturated/α-hetero) is 1. The van der Waals surface area contributed by atoms with Gasteiger partial charge in [0.1, 0.15) is 5.82 Å². The molecule has 0 amide bonds. The fourth-order valence-electron chi connectivity index (χ4n) is 3.60. The van der Waals surface area contributed by atoms with Crippen molar-refractivity contribution in [1.29, 1.82) is 0 Å². The van der Waals surface area contributed by atoms with Gasteiger partial charge in [-0.05, 0) is 31.2 Å². The quantitative estimate of drug-likeness (QED) is 0.342. The SMILES string of the molecule is Cc1ccc(-n2nc(-c3ccc(N)cc3)cc2NCC(=O)c2cnn3c2N=CCC=C3)cc1. The number of ketones is 1. The predicted octanol–water partition coefficient (Wildman–Crippen LogP) is 4.50. The minimum absolute atomic E-state index is 0.0800. The van der Waals surface area contributed by atoms with Crippen LogP contribution < -0.4 is 11.1 Å². The fraction of sp³-hybridized carbons (Fsp3) is 0.120. The van der Waals surface area contributed by atoms with Gasteiger partial charge >= 0.3 is 0 Å². The van der Waals surface area contributed by atoms with Gasteiger partial charge in [-0.2, -0.15) is 10.2 Å². The van der Waals surface area contributed by atoms with Crippen LogP contribution in [0, 0.1) is 6.92 Å². The zero-order valence-corrected chi connectivity index (χ0v) is 18.1. The highest BCUT2D eigenvalue weighted by molar-refractivity contribution is 6.03. The van der Waals surface area contributed by atoms with Crippen LogP contribution in [0.2, 0.25) is 0 Å². The third-order valence-corrected chi connectivity index (χ3v) is 5.40. The number of benzene rings is 2. The van der Waals surface area contributed by atoms with E-state index in [1.165, 1.54) is 0 Å². The Labute approximate surface area is 191 Å². The highest BCUT2D eigenvalue weighted by atomic mass is 16.1. The molecule has 2 aromatic carbocycles. The van der Waals surface area contributed by atoms with Crippen LogP contribution in [-0.4, -0.2) is 38.1 Å². The molecule has 164 valence electrons. The second kappa shape index (κ2) is 8.58. The van der Waals surface area contributed by atoms with Gasteiger partial charge in [0.2, 0.25) is 0 Å². The molecular weight excluding hydrogens is 414 g/mol. The summed E-state index contributed by atoms with van der Waals surface area (Å²) in [6, 6.07) is 17.5. The van der Waals surface area contributed by atoms with E-state index in [-0.39, 0.29) is 12.3 Å². The lowest BCUT2D eigenvalue weighted by atomic mass is 10.1.